The van der Waals surface area contributed by atoms with Gasteiger partial charge in [-0.25, -0.2) is 0 Å². The maximum Gasteiger partial charge on any atom is 0.00911 e. The number of hydrogen-bond donors (Lipinski definition) is 1. The normalized spacial score (nSPS) is 13.9. The molecule has 0 saturated heterocycles. The van der Waals surface area contributed by atoms with Crippen molar-refractivity contribution in [3.05, 3.63) is 0 Å². The fourth-order valence-corrected chi connectivity index (χ4v) is 1.44. The summed E-state index contributed by atoms with van der Waals surface area (Å²) in [6.07, 6.45) is 8.43. The second-order valence-electron chi connectivity index (χ2n) is 4.26. The van der Waals surface area contributed by atoms with Crippen molar-refractivity contribution in [3.63, 3.8) is 0 Å². The molecule has 1 N–H and O–H groups in total. The van der Waals surface area contributed by atoms with Crippen molar-refractivity contribution in [2.24, 2.45) is 5.41 Å². The lowest BCUT2D eigenvalue weighted by Gasteiger charge is -2.27. The molecule has 1 unspecified atom stereocenters. The van der Waals surface area contributed by atoms with Gasteiger partial charge in [-0.15, -0.1) is 12.3 Å². The van der Waals surface area contributed by atoms with Crippen LogP contribution in [0.4, 0.5) is 0 Å². The summed E-state index contributed by atoms with van der Waals surface area (Å²) >= 11 is 0. The van der Waals surface area contributed by atoms with Gasteiger partial charge in [-0.3, -0.25) is 0 Å². The lowest BCUT2D eigenvalue weighted by molar-refractivity contribution is 0.277. The summed E-state index contributed by atoms with van der Waals surface area (Å²) in [5.74, 6) is 2.69. The van der Waals surface area contributed by atoms with E-state index in [1.807, 2.05) is 7.05 Å². The molecule has 0 bridgehead atoms. The van der Waals surface area contributed by atoms with Crippen molar-refractivity contribution in [3.8, 4) is 12.3 Å². The molecule has 1 heteroatoms. The molecule has 0 aliphatic heterocycles. The van der Waals surface area contributed by atoms with Gasteiger partial charge in [-0.1, -0.05) is 13.8 Å². The third-order valence-electron chi connectivity index (χ3n) is 2.30. The predicted octanol–water partition coefficient (Wildman–Crippen LogP) is 2.42. The number of rotatable bonds is 5. The van der Waals surface area contributed by atoms with Crippen molar-refractivity contribution in [2.45, 2.75) is 46.1 Å². The summed E-state index contributed by atoms with van der Waals surface area (Å²) in [5.41, 5.74) is 0.370. The molecule has 0 radical (unpaired) electrons. The lowest BCUT2D eigenvalue weighted by Crippen LogP contribution is -2.28. The SMILES string of the molecule is C#CCCC(C)(C)CC(C)NC. The molecule has 0 rings (SSSR count). The van der Waals surface area contributed by atoms with Crippen molar-refractivity contribution in [1.29, 1.82) is 0 Å². The van der Waals surface area contributed by atoms with E-state index < -0.39 is 0 Å². The second-order valence-corrected chi connectivity index (χ2v) is 4.26. The Morgan fingerprint density at radius 2 is 2.08 bits per heavy atom. The van der Waals surface area contributed by atoms with Gasteiger partial charge < -0.3 is 5.32 Å². The van der Waals surface area contributed by atoms with Crippen molar-refractivity contribution in [1.82, 2.24) is 5.32 Å². The maximum atomic E-state index is 5.23. The van der Waals surface area contributed by atoms with Crippen LogP contribution in [-0.4, -0.2) is 13.1 Å². The zero-order chi connectivity index (χ0) is 9.61. The summed E-state index contributed by atoms with van der Waals surface area (Å²) in [6.45, 7) is 6.76. The predicted molar refractivity (Wildman–Crippen MR) is 55.0 cm³/mol. The molecule has 0 aromatic rings. The molecule has 0 spiro atoms. The monoisotopic (exact) mass is 167 g/mol. The molecular weight excluding hydrogens is 146 g/mol. The molecule has 0 aromatic heterocycles. The first kappa shape index (κ1) is 11.5. The molecule has 1 atom stereocenters. The Bertz CT molecular complexity index is 153. The van der Waals surface area contributed by atoms with E-state index >= 15 is 0 Å². The molecule has 0 aromatic carbocycles. The molecule has 0 heterocycles. The fourth-order valence-electron chi connectivity index (χ4n) is 1.44. The molecule has 0 fully saturated rings. The van der Waals surface area contributed by atoms with E-state index in [9.17, 15) is 0 Å². The van der Waals surface area contributed by atoms with E-state index in [2.05, 4.69) is 32.0 Å². The summed E-state index contributed by atoms with van der Waals surface area (Å²) in [7, 11) is 2.00. The van der Waals surface area contributed by atoms with Crippen LogP contribution in [-0.2, 0) is 0 Å². The molecule has 0 saturated carbocycles. The van der Waals surface area contributed by atoms with Crippen molar-refractivity contribution in [2.75, 3.05) is 7.05 Å². The molecule has 0 aliphatic carbocycles. The molecule has 70 valence electrons. The minimum Gasteiger partial charge on any atom is -0.317 e. The Kier molecular flexibility index (Phi) is 5.01. The van der Waals surface area contributed by atoms with E-state index in [1.165, 1.54) is 6.42 Å². The highest BCUT2D eigenvalue weighted by molar-refractivity contribution is 4.87. The van der Waals surface area contributed by atoms with Crippen LogP contribution in [0.2, 0.25) is 0 Å². The van der Waals surface area contributed by atoms with Crippen LogP contribution in [0.15, 0.2) is 0 Å². The summed E-state index contributed by atoms with van der Waals surface area (Å²) in [4.78, 5) is 0. The van der Waals surface area contributed by atoms with Gasteiger partial charge in [0.15, 0.2) is 0 Å². The van der Waals surface area contributed by atoms with Gasteiger partial charge in [0, 0.05) is 12.5 Å². The first-order valence-corrected chi connectivity index (χ1v) is 4.62. The van der Waals surface area contributed by atoms with Gasteiger partial charge >= 0.3 is 0 Å². The van der Waals surface area contributed by atoms with E-state index in [0.29, 0.717) is 11.5 Å². The Morgan fingerprint density at radius 1 is 1.50 bits per heavy atom. The number of terminal acetylenes is 1. The minimum atomic E-state index is 0.370. The van der Waals surface area contributed by atoms with Gasteiger partial charge in [-0.2, -0.15) is 0 Å². The molecule has 1 nitrogen and oxygen atoms in total. The first-order chi connectivity index (χ1) is 5.52. The Labute approximate surface area is 76.9 Å². The fraction of sp³-hybridized carbons (Fsp3) is 0.818. The number of hydrogen-bond acceptors (Lipinski definition) is 1. The van der Waals surface area contributed by atoms with Gasteiger partial charge in [0.05, 0.1) is 0 Å². The van der Waals surface area contributed by atoms with Crippen LogP contribution >= 0.6 is 0 Å². The van der Waals surface area contributed by atoms with Gasteiger partial charge in [0.1, 0.15) is 0 Å². The van der Waals surface area contributed by atoms with Crippen LogP contribution in [0.25, 0.3) is 0 Å². The average molecular weight is 167 g/mol. The summed E-state index contributed by atoms with van der Waals surface area (Å²) in [5, 5.41) is 3.25. The van der Waals surface area contributed by atoms with Crippen LogP contribution < -0.4 is 5.32 Å². The van der Waals surface area contributed by atoms with E-state index in [0.717, 1.165) is 12.8 Å². The quantitative estimate of drug-likeness (QED) is 0.620. The minimum absolute atomic E-state index is 0.370. The zero-order valence-corrected chi connectivity index (χ0v) is 8.78. The van der Waals surface area contributed by atoms with Crippen LogP contribution in [0, 0.1) is 17.8 Å². The second kappa shape index (κ2) is 5.22. The molecule has 12 heavy (non-hydrogen) atoms. The van der Waals surface area contributed by atoms with Crippen molar-refractivity contribution < 1.29 is 0 Å². The first-order valence-electron chi connectivity index (χ1n) is 4.62. The topological polar surface area (TPSA) is 12.0 Å². The largest absolute Gasteiger partial charge is 0.317 e. The highest BCUT2D eigenvalue weighted by Crippen LogP contribution is 2.27. The van der Waals surface area contributed by atoms with E-state index in [1.54, 1.807) is 0 Å². The molecular formula is C11H21N. The van der Waals surface area contributed by atoms with Gasteiger partial charge in [0.2, 0.25) is 0 Å². The van der Waals surface area contributed by atoms with Crippen LogP contribution in [0.5, 0.6) is 0 Å². The summed E-state index contributed by atoms with van der Waals surface area (Å²) < 4.78 is 0. The molecule has 0 aliphatic rings. The van der Waals surface area contributed by atoms with Gasteiger partial charge in [-0.05, 0) is 32.2 Å². The molecule has 0 amide bonds. The smallest absolute Gasteiger partial charge is 0.00911 e. The van der Waals surface area contributed by atoms with E-state index in [4.69, 9.17) is 6.42 Å². The average Bonchev–Trinajstić information content (AvgIpc) is 2.00. The number of nitrogens with one attached hydrogen (secondary N) is 1. The lowest BCUT2D eigenvalue weighted by atomic mass is 9.82. The van der Waals surface area contributed by atoms with E-state index in [-0.39, 0.29) is 0 Å². The zero-order valence-electron chi connectivity index (χ0n) is 8.78. The van der Waals surface area contributed by atoms with Crippen LogP contribution in [0.1, 0.15) is 40.0 Å². The third-order valence-corrected chi connectivity index (χ3v) is 2.30. The summed E-state index contributed by atoms with van der Waals surface area (Å²) in [6, 6.07) is 0.581. The Balaban J connectivity index is 3.79. The Morgan fingerprint density at radius 3 is 2.50 bits per heavy atom. The Hall–Kier alpha value is -0.480. The van der Waals surface area contributed by atoms with Crippen molar-refractivity contribution >= 4 is 0 Å². The highest BCUT2D eigenvalue weighted by atomic mass is 14.9. The van der Waals surface area contributed by atoms with Gasteiger partial charge in [0.25, 0.3) is 0 Å². The van der Waals surface area contributed by atoms with Crippen LogP contribution in [0.3, 0.4) is 0 Å². The third kappa shape index (κ3) is 5.21. The standard InChI is InChI=1S/C11H21N/c1-6-7-8-11(3,4)9-10(2)12-5/h1,10,12H,7-9H2,2-5H3. The maximum absolute atomic E-state index is 5.23. The highest BCUT2D eigenvalue weighted by Gasteiger charge is 2.19.